The zero-order chi connectivity index (χ0) is 4.41. The topological polar surface area (TPSA) is 25.8 Å². The molecular weight excluding hydrogens is 199 g/mol. The van der Waals surface area contributed by atoms with Crippen molar-refractivity contribution in [1.29, 1.82) is 0 Å². The van der Waals surface area contributed by atoms with Gasteiger partial charge in [0.2, 0.25) is 0 Å². The largest absolute Gasteiger partial charge is 0.424 e. The van der Waals surface area contributed by atoms with Crippen LogP contribution in [-0.4, -0.2) is 9.36 Å². The predicted molar refractivity (Wildman–Crippen MR) is 23.5 cm³/mol. The maximum atomic E-state index is 3.70. The molecule has 7 heavy (non-hydrogen) atoms. The molecule has 0 bridgehead atoms. The van der Waals surface area contributed by atoms with Crippen molar-refractivity contribution in [3.63, 3.8) is 0 Å². The van der Waals surface area contributed by atoms with Crippen molar-refractivity contribution in [2.75, 3.05) is 0 Å². The van der Waals surface area contributed by atoms with E-state index in [1.165, 1.54) is 11.5 Å². The Kier molecular flexibility index (Phi) is 3.30. The van der Waals surface area contributed by atoms with Gasteiger partial charge in [-0.2, -0.15) is 0 Å². The van der Waals surface area contributed by atoms with Gasteiger partial charge in [0, 0.05) is 19.5 Å². The monoisotopic (exact) mass is 202 g/mol. The Bertz CT molecular complexity index is 116. The molecule has 41 valence electrons. The van der Waals surface area contributed by atoms with Crippen molar-refractivity contribution in [3.8, 4) is 0 Å². The van der Waals surface area contributed by atoms with E-state index in [0.717, 1.165) is 5.01 Å². The maximum absolute atomic E-state index is 3.70. The molecule has 0 saturated heterocycles. The number of rotatable bonds is 0. The molecule has 1 aromatic heterocycles. The third-order valence-electron chi connectivity index (χ3n) is 0.426. The molecular formula is C3H3N2RhS-. The van der Waals surface area contributed by atoms with Crippen LogP contribution in [0, 0.1) is 13.3 Å². The smallest absolute Gasteiger partial charge is 0 e. The normalized spacial score (nSPS) is 7.57. The zero-order valence-electron chi connectivity index (χ0n) is 3.64. The van der Waals surface area contributed by atoms with Crippen LogP contribution in [0.5, 0.6) is 0 Å². The summed E-state index contributed by atoms with van der Waals surface area (Å²) in [6.07, 6.45) is 2.45. The third-order valence-corrected chi connectivity index (χ3v) is 0.954. The number of hydrogen-bond donors (Lipinski definition) is 0. The van der Waals surface area contributed by atoms with Crippen molar-refractivity contribution >= 4 is 11.5 Å². The molecule has 0 aromatic carbocycles. The molecule has 0 aliphatic rings. The van der Waals surface area contributed by atoms with Crippen molar-refractivity contribution < 1.29 is 19.5 Å². The average molecular weight is 202 g/mol. The van der Waals surface area contributed by atoms with Gasteiger partial charge in [0.25, 0.3) is 0 Å². The molecule has 1 radical (unpaired) electrons. The summed E-state index contributed by atoms with van der Waals surface area (Å²) in [4.78, 5) is 3.70. The van der Waals surface area contributed by atoms with Crippen LogP contribution in [0.3, 0.4) is 0 Å². The first-order valence-electron chi connectivity index (χ1n) is 1.56. The van der Waals surface area contributed by atoms with Crippen LogP contribution in [0.15, 0.2) is 0 Å². The van der Waals surface area contributed by atoms with Gasteiger partial charge in [-0.05, 0) is 11.3 Å². The molecule has 1 heterocycles. The van der Waals surface area contributed by atoms with Crippen molar-refractivity contribution in [3.05, 3.63) is 11.3 Å². The Morgan fingerprint density at radius 3 is 2.57 bits per heavy atom. The fourth-order valence-electron chi connectivity index (χ4n) is 0.198. The van der Waals surface area contributed by atoms with Crippen molar-refractivity contribution in [2.24, 2.45) is 0 Å². The van der Waals surface area contributed by atoms with Crippen LogP contribution in [0.1, 0.15) is 5.01 Å². The van der Waals surface area contributed by atoms with Crippen LogP contribution in [-0.2, 0) is 19.5 Å². The van der Waals surface area contributed by atoms with Crippen LogP contribution < -0.4 is 0 Å². The fourth-order valence-corrected chi connectivity index (χ4v) is 0.493. The van der Waals surface area contributed by atoms with Crippen LogP contribution in [0.4, 0.5) is 0 Å². The molecule has 4 heteroatoms. The summed E-state index contributed by atoms with van der Waals surface area (Å²) < 4.78 is 3.63. The Balaban J connectivity index is 0.000000360. The molecule has 0 spiro atoms. The van der Waals surface area contributed by atoms with Crippen molar-refractivity contribution in [1.82, 2.24) is 9.36 Å². The molecule has 0 aliphatic heterocycles. The summed E-state index contributed by atoms with van der Waals surface area (Å²) >= 11 is 1.36. The molecule has 1 aromatic rings. The van der Waals surface area contributed by atoms with Crippen LogP contribution in [0.2, 0.25) is 0 Å². The van der Waals surface area contributed by atoms with E-state index in [0.29, 0.717) is 0 Å². The SMILES string of the molecule is Cc1n[c-]ns1.[Rh]. The van der Waals surface area contributed by atoms with E-state index >= 15 is 0 Å². The predicted octanol–water partition coefficient (Wildman–Crippen LogP) is 0.644. The molecule has 0 aliphatic carbocycles. The molecule has 2 nitrogen and oxygen atoms in total. The second kappa shape index (κ2) is 3.22. The van der Waals surface area contributed by atoms with Crippen LogP contribution in [0.25, 0.3) is 0 Å². The summed E-state index contributed by atoms with van der Waals surface area (Å²) in [5.74, 6) is 0. The Morgan fingerprint density at radius 1 is 1.71 bits per heavy atom. The summed E-state index contributed by atoms with van der Waals surface area (Å²) in [6.45, 7) is 1.90. The van der Waals surface area contributed by atoms with Crippen molar-refractivity contribution in [2.45, 2.75) is 6.92 Å². The summed E-state index contributed by atoms with van der Waals surface area (Å²) in [6, 6.07) is 0. The van der Waals surface area contributed by atoms with E-state index in [1.54, 1.807) is 0 Å². The van der Waals surface area contributed by atoms with Gasteiger partial charge in [-0.3, -0.25) is 0 Å². The second-order valence-corrected chi connectivity index (χ2v) is 1.87. The first-order chi connectivity index (χ1) is 2.89. The van der Waals surface area contributed by atoms with Gasteiger partial charge in [0.15, 0.2) is 0 Å². The van der Waals surface area contributed by atoms with Gasteiger partial charge in [-0.1, -0.05) is 6.92 Å². The average Bonchev–Trinajstić information content (AvgIpc) is 1.86. The third kappa shape index (κ3) is 2.10. The van der Waals surface area contributed by atoms with E-state index in [-0.39, 0.29) is 19.5 Å². The maximum Gasteiger partial charge on any atom is 0 e. The Morgan fingerprint density at radius 2 is 2.43 bits per heavy atom. The quantitative estimate of drug-likeness (QED) is 0.455. The van der Waals surface area contributed by atoms with Gasteiger partial charge in [-0.25, -0.2) is 0 Å². The molecule has 0 atom stereocenters. The van der Waals surface area contributed by atoms with Gasteiger partial charge >= 0.3 is 0 Å². The molecule has 0 amide bonds. The number of nitrogens with zero attached hydrogens (tertiary/aromatic N) is 2. The second-order valence-electron chi connectivity index (χ2n) is 0.913. The van der Waals surface area contributed by atoms with Crippen LogP contribution >= 0.6 is 11.5 Å². The van der Waals surface area contributed by atoms with E-state index in [2.05, 4.69) is 15.7 Å². The van der Waals surface area contributed by atoms with E-state index in [9.17, 15) is 0 Å². The van der Waals surface area contributed by atoms with E-state index < -0.39 is 0 Å². The molecule has 1 rings (SSSR count). The van der Waals surface area contributed by atoms with Gasteiger partial charge < -0.3 is 9.36 Å². The minimum absolute atomic E-state index is 0. The Labute approximate surface area is 58.9 Å². The molecule has 0 unspecified atom stereocenters. The first-order valence-corrected chi connectivity index (χ1v) is 2.33. The van der Waals surface area contributed by atoms with E-state index in [1.807, 2.05) is 6.92 Å². The zero-order valence-corrected chi connectivity index (χ0v) is 6.09. The summed E-state index contributed by atoms with van der Waals surface area (Å²) in [5, 5.41) is 0.968. The number of aryl methyl sites for hydroxylation is 1. The standard InChI is InChI=1S/C3H3N2S.Rh/c1-3-4-2-5-6-3;/h1H3;/q-1;. The Hall–Kier alpha value is 0.183. The summed E-state index contributed by atoms with van der Waals surface area (Å²) in [5.41, 5.74) is 0. The minimum atomic E-state index is 0. The van der Waals surface area contributed by atoms with Gasteiger partial charge in [0.05, 0.1) is 0 Å². The first kappa shape index (κ1) is 7.18. The fraction of sp³-hybridized carbons (Fsp3) is 0.333. The number of aromatic nitrogens is 2. The van der Waals surface area contributed by atoms with Gasteiger partial charge in [0.1, 0.15) is 0 Å². The number of hydrogen-bond acceptors (Lipinski definition) is 3. The minimum Gasteiger partial charge on any atom is -0.424 e. The van der Waals surface area contributed by atoms with E-state index in [4.69, 9.17) is 0 Å². The molecule has 0 N–H and O–H groups in total. The van der Waals surface area contributed by atoms with Gasteiger partial charge in [-0.15, -0.1) is 11.5 Å². The summed E-state index contributed by atoms with van der Waals surface area (Å²) in [7, 11) is 0. The molecule has 0 saturated carbocycles. The molecule has 0 fully saturated rings.